The maximum Gasteiger partial charge on any atom is 0.0247 e. The summed E-state index contributed by atoms with van der Waals surface area (Å²) in [7, 11) is 0. The van der Waals surface area contributed by atoms with Crippen LogP contribution in [0.25, 0.3) is 0 Å². The van der Waals surface area contributed by atoms with Crippen molar-refractivity contribution in [2.75, 3.05) is 13.1 Å². The molecule has 1 aliphatic heterocycles. The Morgan fingerprint density at radius 2 is 1.65 bits per heavy atom. The fourth-order valence-electron chi connectivity index (χ4n) is 3.20. The lowest BCUT2D eigenvalue weighted by Gasteiger charge is -2.46. The van der Waals surface area contributed by atoms with Crippen LogP contribution < -0.4 is 5.32 Å². The first kappa shape index (κ1) is 13.4. The summed E-state index contributed by atoms with van der Waals surface area (Å²) in [5.41, 5.74) is 0. The van der Waals surface area contributed by atoms with Gasteiger partial charge in [0.05, 0.1) is 0 Å². The molecule has 0 amide bonds. The molecular formula is C15H30N2. The van der Waals surface area contributed by atoms with Gasteiger partial charge in [-0.3, -0.25) is 4.90 Å². The minimum atomic E-state index is 0.686. The van der Waals surface area contributed by atoms with Gasteiger partial charge in [0.1, 0.15) is 0 Å². The Morgan fingerprint density at radius 1 is 1.00 bits per heavy atom. The van der Waals surface area contributed by atoms with Gasteiger partial charge in [-0.25, -0.2) is 0 Å². The number of rotatable bonds is 4. The number of hydrogen-bond donors (Lipinski definition) is 1. The van der Waals surface area contributed by atoms with Crippen LogP contribution in [0.3, 0.4) is 0 Å². The highest BCUT2D eigenvalue weighted by Gasteiger charge is 2.39. The van der Waals surface area contributed by atoms with Crippen LogP contribution in [0, 0.1) is 17.8 Å². The Labute approximate surface area is 107 Å². The van der Waals surface area contributed by atoms with E-state index in [1.807, 2.05) is 0 Å². The number of hydrogen-bond acceptors (Lipinski definition) is 2. The monoisotopic (exact) mass is 238 g/mol. The first-order valence-electron chi connectivity index (χ1n) is 7.49. The molecule has 1 N–H and O–H groups in total. The van der Waals surface area contributed by atoms with Crippen LogP contribution in [-0.4, -0.2) is 36.1 Å². The van der Waals surface area contributed by atoms with Crippen molar-refractivity contribution in [3.63, 3.8) is 0 Å². The second-order valence-corrected chi connectivity index (χ2v) is 6.84. The minimum Gasteiger partial charge on any atom is -0.311 e. The molecule has 1 heterocycles. The average molecular weight is 238 g/mol. The molecule has 0 aromatic heterocycles. The molecule has 3 unspecified atom stereocenters. The maximum absolute atomic E-state index is 3.75. The Kier molecular flexibility index (Phi) is 4.14. The third-order valence-corrected chi connectivity index (χ3v) is 4.82. The Bertz CT molecular complexity index is 245. The van der Waals surface area contributed by atoms with Crippen LogP contribution >= 0.6 is 0 Å². The summed E-state index contributed by atoms with van der Waals surface area (Å²) in [6.07, 6.45) is 2.92. The second-order valence-electron chi connectivity index (χ2n) is 6.84. The first-order chi connectivity index (χ1) is 8.00. The quantitative estimate of drug-likeness (QED) is 0.810. The predicted octanol–water partition coefficient (Wildman–Crippen LogP) is 2.74. The van der Waals surface area contributed by atoms with Crippen LogP contribution in [-0.2, 0) is 0 Å². The first-order valence-corrected chi connectivity index (χ1v) is 7.49. The molecule has 0 radical (unpaired) electrons. The van der Waals surface area contributed by atoms with E-state index >= 15 is 0 Å². The van der Waals surface area contributed by atoms with Crippen molar-refractivity contribution < 1.29 is 0 Å². The summed E-state index contributed by atoms with van der Waals surface area (Å²) in [6.45, 7) is 14.3. The molecule has 0 bridgehead atoms. The Balaban J connectivity index is 2.03. The average Bonchev–Trinajstić information content (AvgIpc) is 3.10. The van der Waals surface area contributed by atoms with Crippen LogP contribution in [0.2, 0.25) is 0 Å². The Morgan fingerprint density at radius 3 is 2.12 bits per heavy atom. The standard InChI is InChI=1S/C15H30N2/c1-10(2)14-9-17(12(5)13-6-7-13)15(8-16-14)11(3)4/h10-16H,6-9H2,1-5H3. The number of nitrogens with zero attached hydrogens (tertiary/aromatic N) is 1. The molecule has 3 atom stereocenters. The topological polar surface area (TPSA) is 15.3 Å². The summed E-state index contributed by atoms with van der Waals surface area (Å²) < 4.78 is 0. The van der Waals surface area contributed by atoms with Crippen molar-refractivity contribution in [2.45, 2.75) is 65.6 Å². The molecule has 1 saturated heterocycles. The Hall–Kier alpha value is -0.0800. The lowest BCUT2D eigenvalue weighted by Crippen LogP contribution is -2.62. The molecule has 0 spiro atoms. The molecule has 2 heteroatoms. The van der Waals surface area contributed by atoms with Gasteiger partial charge in [-0.2, -0.15) is 0 Å². The van der Waals surface area contributed by atoms with Crippen molar-refractivity contribution in [2.24, 2.45) is 17.8 Å². The van der Waals surface area contributed by atoms with Crippen LogP contribution in [0.15, 0.2) is 0 Å². The zero-order valence-corrected chi connectivity index (χ0v) is 12.2. The third-order valence-electron chi connectivity index (χ3n) is 4.82. The van der Waals surface area contributed by atoms with Crippen molar-refractivity contribution in [3.8, 4) is 0 Å². The molecule has 17 heavy (non-hydrogen) atoms. The van der Waals surface area contributed by atoms with E-state index in [1.54, 1.807) is 0 Å². The lowest BCUT2D eigenvalue weighted by atomic mass is 9.92. The second kappa shape index (κ2) is 5.27. The fourth-order valence-corrected chi connectivity index (χ4v) is 3.20. The van der Waals surface area contributed by atoms with Gasteiger partial charge in [-0.15, -0.1) is 0 Å². The molecule has 1 aliphatic carbocycles. The van der Waals surface area contributed by atoms with E-state index in [-0.39, 0.29) is 0 Å². The zero-order chi connectivity index (χ0) is 12.6. The number of piperazine rings is 1. The van der Waals surface area contributed by atoms with E-state index in [0.29, 0.717) is 6.04 Å². The van der Waals surface area contributed by atoms with Crippen LogP contribution in [0.4, 0.5) is 0 Å². The molecule has 2 nitrogen and oxygen atoms in total. The largest absolute Gasteiger partial charge is 0.311 e. The smallest absolute Gasteiger partial charge is 0.0247 e. The maximum atomic E-state index is 3.75. The summed E-state index contributed by atoms with van der Waals surface area (Å²) in [6, 6.07) is 2.22. The van der Waals surface area contributed by atoms with E-state index in [4.69, 9.17) is 0 Å². The van der Waals surface area contributed by atoms with Gasteiger partial charge >= 0.3 is 0 Å². The van der Waals surface area contributed by atoms with Gasteiger partial charge in [0.15, 0.2) is 0 Å². The molecule has 2 fully saturated rings. The van der Waals surface area contributed by atoms with E-state index in [2.05, 4.69) is 44.8 Å². The van der Waals surface area contributed by atoms with E-state index < -0.39 is 0 Å². The van der Waals surface area contributed by atoms with Gasteiger partial charge in [-0.1, -0.05) is 27.7 Å². The molecule has 2 rings (SSSR count). The summed E-state index contributed by atoms with van der Waals surface area (Å²) in [5.74, 6) is 2.50. The van der Waals surface area contributed by atoms with E-state index in [0.717, 1.165) is 29.8 Å². The van der Waals surface area contributed by atoms with Crippen molar-refractivity contribution in [3.05, 3.63) is 0 Å². The van der Waals surface area contributed by atoms with Crippen LogP contribution in [0.5, 0.6) is 0 Å². The fraction of sp³-hybridized carbons (Fsp3) is 1.00. The van der Waals surface area contributed by atoms with Crippen molar-refractivity contribution in [1.82, 2.24) is 10.2 Å². The SMILES string of the molecule is CC(C)C1CN(C(C)C2CC2)C(C(C)C)CN1. The molecule has 100 valence electrons. The zero-order valence-electron chi connectivity index (χ0n) is 12.2. The molecule has 1 saturated carbocycles. The molecule has 2 aliphatic rings. The normalized spacial score (nSPS) is 33.4. The molecule has 0 aromatic rings. The highest BCUT2D eigenvalue weighted by molar-refractivity contribution is 4.95. The molecular weight excluding hydrogens is 208 g/mol. The van der Waals surface area contributed by atoms with E-state index in [1.165, 1.54) is 25.9 Å². The van der Waals surface area contributed by atoms with Gasteiger partial charge in [0, 0.05) is 31.2 Å². The summed E-state index contributed by atoms with van der Waals surface area (Å²) >= 11 is 0. The lowest BCUT2D eigenvalue weighted by molar-refractivity contribution is 0.0437. The van der Waals surface area contributed by atoms with Gasteiger partial charge in [-0.05, 0) is 37.5 Å². The predicted molar refractivity (Wildman–Crippen MR) is 74.1 cm³/mol. The molecule has 0 aromatic carbocycles. The third kappa shape index (κ3) is 3.03. The minimum absolute atomic E-state index is 0.686. The van der Waals surface area contributed by atoms with E-state index in [9.17, 15) is 0 Å². The summed E-state index contributed by atoms with van der Waals surface area (Å²) in [5, 5.41) is 3.75. The van der Waals surface area contributed by atoms with Gasteiger partial charge in [0.2, 0.25) is 0 Å². The van der Waals surface area contributed by atoms with Gasteiger partial charge in [0.25, 0.3) is 0 Å². The highest BCUT2D eigenvalue weighted by Crippen LogP contribution is 2.37. The van der Waals surface area contributed by atoms with Crippen molar-refractivity contribution in [1.29, 1.82) is 0 Å². The van der Waals surface area contributed by atoms with Crippen molar-refractivity contribution >= 4 is 0 Å². The van der Waals surface area contributed by atoms with Crippen LogP contribution in [0.1, 0.15) is 47.5 Å². The number of nitrogens with one attached hydrogen (secondary N) is 1. The van der Waals surface area contributed by atoms with Gasteiger partial charge < -0.3 is 5.32 Å². The highest BCUT2D eigenvalue weighted by atomic mass is 15.3. The summed E-state index contributed by atoms with van der Waals surface area (Å²) in [4.78, 5) is 2.81.